The molecule has 4 nitrogen and oxygen atoms in total. The second-order valence-electron chi connectivity index (χ2n) is 2.33. The summed E-state index contributed by atoms with van der Waals surface area (Å²) in [6.07, 6.45) is 0. The summed E-state index contributed by atoms with van der Waals surface area (Å²) in [7, 11) is 1.35. The van der Waals surface area contributed by atoms with Crippen LogP contribution in [0.5, 0.6) is 0 Å². The highest BCUT2D eigenvalue weighted by Crippen LogP contribution is 2.12. The first-order valence-corrected chi connectivity index (χ1v) is 3.17. The van der Waals surface area contributed by atoms with Crippen molar-refractivity contribution in [3.8, 4) is 0 Å². The molecule has 0 unspecified atom stereocenters. The lowest BCUT2D eigenvalue weighted by atomic mass is 10.1. The van der Waals surface area contributed by atoms with Gasteiger partial charge in [-0.2, -0.15) is 0 Å². The van der Waals surface area contributed by atoms with Crippen LogP contribution in [0.25, 0.3) is 0 Å². The molecule has 0 saturated carbocycles. The molecule has 66 valence electrons. The van der Waals surface area contributed by atoms with Gasteiger partial charge < -0.3 is 15.2 Å². The molecule has 0 aliphatic carbocycles. The van der Waals surface area contributed by atoms with Gasteiger partial charge in [0.15, 0.2) is 0 Å². The maximum Gasteiger partial charge on any atom is 0.312 e. The lowest BCUT2D eigenvalue weighted by Crippen LogP contribution is -2.34. The molecule has 11 heavy (non-hydrogen) atoms. The predicted octanol–water partition coefficient (Wildman–Crippen LogP) is -0.445. The van der Waals surface area contributed by atoms with Crippen molar-refractivity contribution in [2.75, 3.05) is 20.3 Å². The number of rotatable bonds is 1. The Labute approximate surface area is 71.4 Å². The second-order valence-corrected chi connectivity index (χ2v) is 2.33. The summed E-state index contributed by atoms with van der Waals surface area (Å²) in [5.41, 5.74) is 5.53. The third-order valence-electron chi connectivity index (χ3n) is 1.63. The Morgan fingerprint density at radius 2 is 2.27 bits per heavy atom. The Morgan fingerprint density at radius 1 is 1.64 bits per heavy atom. The van der Waals surface area contributed by atoms with Gasteiger partial charge in [-0.3, -0.25) is 4.79 Å². The SMILES string of the molecule is COC(=O)[C@@H]1COC[C@@H]1N.Cl. The van der Waals surface area contributed by atoms with Crippen LogP contribution in [-0.2, 0) is 14.3 Å². The van der Waals surface area contributed by atoms with E-state index in [-0.39, 0.29) is 30.3 Å². The highest BCUT2D eigenvalue weighted by molar-refractivity contribution is 5.85. The zero-order valence-corrected chi connectivity index (χ0v) is 7.10. The fourth-order valence-corrected chi connectivity index (χ4v) is 0.965. The summed E-state index contributed by atoms with van der Waals surface area (Å²) in [6.45, 7) is 0.855. The van der Waals surface area contributed by atoms with E-state index in [1.807, 2.05) is 0 Å². The molecular formula is C6H12ClNO3. The van der Waals surface area contributed by atoms with Crippen LogP contribution in [0.15, 0.2) is 0 Å². The van der Waals surface area contributed by atoms with Crippen LogP contribution < -0.4 is 5.73 Å². The number of methoxy groups -OCH3 is 1. The molecule has 0 bridgehead atoms. The average molecular weight is 182 g/mol. The first kappa shape index (κ1) is 10.7. The van der Waals surface area contributed by atoms with Crippen LogP contribution in [0.3, 0.4) is 0 Å². The molecular weight excluding hydrogens is 170 g/mol. The van der Waals surface area contributed by atoms with Crippen LogP contribution in [-0.4, -0.2) is 32.3 Å². The van der Waals surface area contributed by atoms with Crippen molar-refractivity contribution in [3.63, 3.8) is 0 Å². The van der Waals surface area contributed by atoms with E-state index in [1.165, 1.54) is 7.11 Å². The van der Waals surface area contributed by atoms with Gasteiger partial charge in [0.2, 0.25) is 0 Å². The van der Waals surface area contributed by atoms with Crippen molar-refractivity contribution in [1.29, 1.82) is 0 Å². The highest BCUT2D eigenvalue weighted by atomic mass is 35.5. The first-order chi connectivity index (χ1) is 4.75. The minimum Gasteiger partial charge on any atom is -0.469 e. The van der Waals surface area contributed by atoms with Crippen LogP contribution in [0.1, 0.15) is 0 Å². The van der Waals surface area contributed by atoms with E-state index in [4.69, 9.17) is 10.5 Å². The van der Waals surface area contributed by atoms with E-state index in [0.717, 1.165) is 0 Å². The Balaban J connectivity index is 0.000001000. The van der Waals surface area contributed by atoms with Crippen molar-refractivity contribution in [3.05, 3.63) is 0 Å². The van der Waals surface area contributed by atoms with E-state index in [9.17, 15) is 4.79 Å². The number of ether oxygens (including phenoxy) is 2. The molecule has 0 aromatic carbocycles. The van der Waals surface area contributed by atoms with Gasteiger partial charge in [0.25, 0.3) is 0 Å². The molecule has 2 atom stereocenters. The highest BCUT2D eigenvalue weighted by Gasteiger charge is 2.31. The molecule has 1 fully saturated rings. The molecule has 0 spiro atoms. The molecule has 1 rings (SSSR count). The molecule has 1 heterocycles. The molecule has 0 radical (unpaired) electrons. The number of carbonyl (C=O) groups excluding carboxylic acids is 1. The number of carbonyl (C=O) groups is 1. The number of hydrogen-bond acceptors (Lipinski definition) is 4. The minimum atomic E-state index is -0.273. The summed E-state index contributed by atoms with van der Waals surface area (Å²) in [5, 5.41) is 0. The van der Waals surface area contributed by atoms with Gasteiger partial charge in [-0.1, -0.05) is 0 Å². The zero-order valence-electron chi connectivity index (χ0n) is 6.28. The zero-order chi connectivity index (χ0) is 7.56. The number of esters is 1. The summed E-state index contributed by atoms with van der Waals surface area (Å²) in [5.74, 6) is -0.532. The van der Waals surface area contributed by atoms with Crippen LogP contribution in [0.2, 0.25) is 0 Å². The van der Waals surface area contributed by atoms with E-state index in [2.05, 4.69) is 4.74 Å². The molecule has 5 heteroatoms. The van der Waals surface area contributed by atoms with Crippen LogP contribution in [0.4, 0.5) is 0 Å². The maximum atomic E-state index is 10.8. The van der Waals surface area contributed by atoms with E-state index in [1.54, 1.807) is 0 Å². The monoisotopic (exact) mass is 181 g/mol. The molecule has 0 aromatic heterocycles. The molecule has 0 aromatic rings. The normalized spacial score (nSPS) is 29.3. The average Bonchev–Trinajstić information content (AvgIpc) is 2.34. The molecule has 0 amide bonds. The lowest BCUT2D eigenvalue weighted by Gasteiger charge is -2.08. The van der Waals surface area contributed by atoms with E-state index < -0.39 is 0 Å². The molecule has 1 aliphatic heterocycles. The van der Waals surface area contributed by atoms with Gasteiger partial charge in [-0.15, -0.1) is 12.4 Å². The van der Waals surface area contributed by atoms with Gasteiger partial charge in [0, 0.05) is 6.04 Å². The third kappa shape index (κ3) is 2.32. The van der Waals surface area contributed by atoms with E-state index in [0.29, 0.717) is 13.2 Å². The molecule has 1 aliphatic rings. The van der Waals surface area contributed by atoms with Gasteiger partial charge in [0.1, 0.15) is 0 Å². The van der Waals surface area contributed by atoms with Gasteiger partial charge in [-0.25, -0.2) is 0 Å². The number of hydrogen-bond donors (Lipinski definition) is 1. The first-order valence-electron chi connectivity index (χ1n) is 3.17. The van der Waals surface area contributed by atoms with Crippen molar-refractivity contribution < 1.29 is 14.3 Å². The van der Waals surface area contributed by atoms with Crippen molar-refractivity contribution in [1.82, 2.24) is 0 Å². The Morgan fingerprint density at radius 3 is 2.64 bits per heavy atom. The fourth-order valence-electron chi connectivity index (χ4n) is 0.965. The minimum absolute atomic E-state index is 0. The Hall–Kier alpha value is -0.320. The van der Waals surface area contributed by atoms with Crippen molar-refractivity contribution in [2.24, 2.45) is 11.7 Å². The summed E-state index contributed by atoms with van der Waals surface area (Å²) in [6, 6.07) is -0.188. The number of halogens is 1. The van der Waals surface area contributed by atoms with Crippen molar-refractivity contribution >= 4 is 18.4 Å². The summed E-state index contributed by atoms with van der Waals surface area (Å²) in [4.78, 5) is 10.8. The third-order valence-corrected chi connectivity index (χ3v) is 1.63. The van der Waals surface area contributed by atoms with Gasteiger partial charge in [0.05, 0.1) is 26.2 Å². The van der Waals surface area contributed by atoms with Crippen LogP contribution in [0, 0.1) is 5.92 Å². The maximum absolute atomic E-state index is 10.8. The standard InChI is InChI=1S/C6H11NO3.ClH/c1-9-6(8)4-2-10-3-5(4)7;/h4-5H,2-3,7H2,1H3;1H/t4-,5+;/m1./s1. The number of nitrogens with two attached hydrogens (primary N) is 1. The smallest absolute Gasteiger partial charge is 0.312 e. The predicted molar refractivity (Wildman–Crippen MR) is 41.5 cm³/mol. The van der Waals surface area contributed by atoms with E-state index >= 15 is 0 Å². The van der Waals surface area contributed by atoms with Gasteiger partial charge >= 0.3 is 5.97 Å². The van der Waals surface area contributed by atoms with Crippen molar-refractivity contribution in [2.45, 2.75) is 6.04 Å². The Kier molecular flexibility index (Phi) is 4.40. The second kappa shape index (κ2) is 4.54. The summed E-state index contributed by atoms with van der Waals surface area (Å²) >= 11 is 0. The molecule has 1 saturated heterocycles. The lowest BCUT2D eigenvalue weighted by molar-refractivity contribution is -0.145. The summed E-state index contributed by atoms with van der Waals surface area (Å²) < 4.78 is 9.47. The van der Waals surface area contributed by atoms with Crippen LogP contribution >= 0.6 is 12.4 Å². The topological polar surface area (TPSA) is 61.5 Å². The fraction of sp³-hybridized carbons (Fsp3) is 0.833. The quantitative estimate of drug-likeness (QED) is 0.557. The van der Waals surface area contributed by atoms with Gasteiger partial charge in [-0.05, 0) is 0 Å². The Bertz CT molecular complexity index is 142. The largest absolute Gasteiger partial charge is 0.469 e. The molecule has 2 N–H and O–H groups in total.